The maximum atomic E-state index is 13.3. The minimum absolute atomic E-state index is 0.0149. The molecule has 1 amide bonds. The van der Waals surface area contributed by atoms with Gasteiger partial charge in [-0.1, -0.05) is 40.5 Å². The molecule has 1 aliphatic heterocycles. The normalized spacial score (nSPS) is 17.1. The number of carbonyl (C=O) groups is 1. The minimum atomic E-state index is -0.511. The molecule has 2 heterocycles. The first-order valence-electron chi connectivity index (χ1n) is 9.86. The third kappa shape index (κ3) is 4.86. The summed E-state index contributed by atoms with van der Waals surface area (Å²) < 4.78 is 18.7. The second-order valence-corrected chi connectivity index (χ2v) is 7.98. The molecule has 0 aliphatic carbocycles. The van der Waals surface area contributed by atoms with Gasteiger partial charge in [-0.05, 0) is 50.6 Å². The Morgan fingerprint density at radius 2 is 2.20 bits per heavy atom. The first-order chi connectivity index (χ1) is 14.5. The van der Waals surface area contributed by atoms with E-state index in [0.717, 1.165) is 30.5 Å². The molecule has 1 N–H and O–H groups in total. The number of nitrogens with zero attached hydrogens (tertiary/aromatic N) is 3. The van der Waals surface area contributed by atoms with E-state index >= 15 is 0 Å². The van der Waals surface area contributed by atoms with E-state index in [9.17, 15) is 9.18 Å². The Hall–Kier alpha value is -2.77. The van der Waals surface area contributed by atoms with E-state index in [1.165, 1.54) is 18.2 Å². The molecule has 4 rings (SSSR count). The molecule has 1 atom stereocenters. The highest BCUT2D eigenvalue weighted by molar-refractivity contribution is 6.31. The van der Waals surface area contributed by atoms with Gasteiger partial charge in [-0.2, -0.15) is 4.98 Å². The summed E-state index contributed by atoms with van der Waals surface area (Å²) in [5, 5.41) is 6.90. The number of amides is 1. The Kier molecular flexibility index (Phi) is 6.11. The number of likely N-dealkylation sites (tertiary alicyclic amines) is 1. The molecule has 1 unspecified atom stereocenters. The average molecular weight is 429 g/mol. The van der Waals surface area contributed by atoms with Gasteiger partial charge in [-0.15, -0.1) is 0 Å². The summed E-state index contributed by atoms with van der Waals surface area (Å²) in [7, 11) is 0. The summed E-state index contributed by atoms with van der Waals surface area (Å²) in [6.45, 7) is 3.95. The van der Waals surface area contributed by atoms with Crippen LogP contribution in [-0.2, 0) is 11.3 Å². The third-order valence-corrected chi connectivity index (χ3v) is 5.46. The van der Waals surface area contributed by atoms with Gasteiger partial charge in [-0.25, -0.2) is 4.39 Å². The Morgan fingerprint density at radius 1 is 1.33 bits per heavy atom. The van der Waals surface area contributed by atoms with Crippen LogP contribution in [0.1, 0.15) is 24.3 Å². The van der Waals surface area contributed by atoms with Crippen LogP contribution in [0.2, 0.25) is 5.02 Å². The van der Waals surface area contributed by atoms with E-state index in [1.54, 1.807) is 0 Å². The van der Waals surface area contributed by atoms with Gasteiger partial charge in [0, 0.05) is 17.8 Å². The van der Waals surface area contributed by atoms with E-state index in [0.29, 0.717) is 30.5 Å². The monoisotopic (exact) mass is 428 g/mol. The Morgan fingerprint density at radius 3 is 3.00 bits per heavy atom. The zero-order valence-electron chi connectivity index (χ0n) is 16.6. The van der Waals surface area contributed by atoms with E-state index in [-0.39, 0.29) is 16.8 Å². The smallest absolute Gasteiger partial charge is 0.241 e. The number of anilines is 1. The Balaban J connectivity index is 1.37. The number of halogens is 2. The van der Waals surface area contributed by atoms with E-state index in [2.05, 4.69) is 20.4 Å². The number of hydrogen-bond donors (Lipinski definition) is 1. The predicted molar refractivity (Wildman–Crippen MR) is 113 cm³/mol. The average Bonchev–Trinajstić information content (AvgIpc) is 3.19. The largest absolute Gasteiger partial charge is 0.338 e. The molecule has 2 aromatic carbocycles. The molecule has 8 heteroatoms. The topological polar surface area (TPSA) is 71.3 Å². The standard InChI is InChI=1S/C22H22ClFN4O2/c1-14-4-2-5-15(10-14)21-26-20(30-27-21)13-28-9-3-6-16(12-28)22(29)25-17-7-8-19(24)18(23)11-17/h2,4-5,7-8,10-11,16H,3,6,9,12-13H2,1H3,(H,25,29). The van der Waals surface area contributed by atoms with Gasteiger partial charge >= 0.3 is 0 Å². The van der Waals surface area contributed by atoms with Crippen molar-refractivity contribution in [1.29, 1.82) is 0 Å². The molecule has 1 saturated heterocycles. The number of carbonyl (C=O) groups excluding carboxylic acids is 1. The van der Waals surface area contributed by atoms with Crippen molar-refractivity contribution in [1.82, 2.24) is 15.0 Å². The SMILES string of the molecule is Cc1cccc(-c2noc(CN3CCCC(C(=O)Nc4ccc(F)c(Cl)c4)C3)n2)c1. The highest BCUT2D eigenvalue weighted by Crippen LogP contribution is 2.24. The lowest BCUT2D eigenvalue weighted by Gasteiger charge is -2.30. The first kappa shape index (κ1) is 20.5. The van der Waals surface area contributed by atoms with E-state index < -0.39 is 5.82 Å². The van der Waals surface area contributed by atoms with Crippen LogP contribution in [0.5, 0.6) is 0 Å². The summed E-state index contributed by atoms with van der Waals surface area (Å²) in [6, 6.07) is 12.1. The van der Waals surface area contributed by atoms with Crippen LogP contribution < -0.4 is 5.32 Å². The molecule has 0 bridgehead atoms. The van der Waals surface area contributed by atoms with Crippen LogP contribution in [0.3, 0.4) is 0 Å². The fourth-order valence-corrected chi connectivity index (χ4v) is 3.82. The fourth-order valence-electron chi connectivity index (χ4n) is 3.64. The number of aryl methyl sites for hydroxylation is 1. The van der Waals surface area contributed by atoms with Gasteiger partial charge in [0.15, 0.2) is 0 Å². The number of rotatable bonds is 5. The van der Waals surface area contributed by atoms with Crippen molar-refractivity contribution in [2.75, 3.05) is 18.4 Å². The quantitative estimate of drug-likeness (QED) is 0.638. The zero-order valence-corrected chi connectivity index (χ0v) is 17.3. The van der Waals surface area contributed by atoms with Crippen LogP contribution in [-0.4, -0.2) is 34.0 Å². The summed E-state index contributed by atoms with van der Waals surface area (Å²) in [6.07, 6.45) is 1.68. The lowest BCUT2D eigenvalue weighted by molar-refractivity contribution is -0.121. The lowest BCUT2D eigenvalue weighted by Crippen LogP contribution is -2.40. The van der Waals surface area contributed by atoms with Crippen molar-refractivity contribution < 1.29 is 13.7 Å². The van der Waals surface area contributed by atoms with Gasteiger partial charge in [0.2, 0.25) is 17.6 Å². The maximum absolute atomic E-state index is 13.3. The maximum Gasteiger partial charge on any atom is 0.241 e. The van der Waals surface area contributed by atoms with Gasteiger partial charge in [-0.3, -0.25) is 9.69 Å². The van der Waals surface area contributed by atoms with Gasteiger partial charge < -0.3 is 9.84 Å². The summed E-state index contributed by atoms with van der Waals surface area (Å²) >= 11 is 5.79. The van der Waals surface area contributed by atoms with Crippen LogP contribution >= 0.6 is 11.6 Å². The highest BCUT2D eigenvalue weighted by atomic mass is 35.5. The van der Waals surface area contributed by atoms with Crippen LogP contribution in [0, 0.1) is 18.7 Å². The van der Waals surface area contributed by atoms with Gasteiger partial charge in [0.25, 0.3) is 0 Å². The van der Waals surface area contributed by atoms with Crippen molar-refractivity contribution in [3.63, 3.8) is 0 Å². The molecule has 0 radical (unpaired) electrons. The van der Waals surface area contributed by atoms with Crippen LogP contribution in [0.25, 0.3) is 11.4 Å². The van der Waals surface area contributed by atoms with Crippen molar-refractivity contribution in [3.8, 4) is 11.4 Å². The number of nitrogens with one attached hydrogen (secondary N) is 1. The molecule has 1 aliphatic rings. The molecule has 0 saturated carbocycles. The molecule has 1 fully saturated rings. The number of aromatic nitrogens is 2. The van der Waals surface area contributed by atoms with Crippen molar-refractivity contribution in [3.05, 3.63) is 64.8 Å². The number of benzene rings is 2. The van der Waals surface area contributed by atoms with Gasteiger partial charge in [0.1, 0.15) is 5.82 Å². The number of hydrogen-bond acceptors (Lipinski definition) is 5. The van der Waals surface area contributed by atoms with E-state index in [1.807, 2.05) is 31.2 Å². The molecular weight excluding hydrogens is 407 g/mol. The molecular formula is C22H22ClFN4O2. The second kappa shape index (κ2) is 8.93. The molecule has 156 valence electrons. The fraction of sp³-hybridized carbons (Fsp3) is 0.318. The summed E-state index contributed by atoms with van der Waals surface area (Å²) in [5.74, 6) is 0.296. The van der Waals surface area contributed by atoms with E-state index in [4.69, 9.17) is 16.1 Å². The zero-order chi connectivity index (χ0) is 21.1. The molecule has 0 spiro atoms. The van der Waals surface area contributed by atoms with Gasteiger partial charge in [0.05, 0.1) is 17.5 Å². The Bertz CT molecular complexity index is 1060. The highest BCUT2D eigenvalue weighted by Gasteiger charge is 2.27. The second-order valence-electron chi connectivity index (χ2n) is 7.57. The Labute approximate surface area is 179 Å². The molecule has 3 aromatic rings. The van der Waals surface area contributed by atoms with Crippen molar-refractivity contribution >= 4 is 23.2 Å². The first-order valence-corrected chi connectivity index (χ1v) is 10.2. The number of piperidine rings is 1. The van der Waals surface area contributed by atoms with Crippen molar-refractivity contribution in [2.45, 2.75) is 26.3 Å². The molecule has 6 nitrogen and oxygen atoms in total. The minimum Gasteiger partial charge on any atom is -0.338 e. The summed E-state index contributed by atoms with van der Waals surface area (Å²) in [5.41, 5.74) is 2.54. The third-order valence-electron chi connectivity index (χ3n) is 5.17. The van der Waals surface area contributed by atoms with Crippen molar-refractivity contribution in [2.24, 2.45) is 5.92 Å². The molecule has 30 heavy (non-hydrogen) atoms. The summed E-state index contributed by atoms with van der Waals surface area (Å²) in [4.78, 5) is 19.3. The van der Waals surface area contributed by atoms with Crippen LogP contribution in [0.15, 0.2) is 47.0 Å². The predicted octanol–water partition coefficient (Wildman–Crippen LogP) is 4.69. The lowest BCUT2D eigenvalue weighted by atomic mass is 9.97. The molecule has 1 aromatic heterocycles. The van der Waals surface area contributed by atoms with Crippen LogP contribution in [0.4, 0.5) is 10.1 Å².